The fourth-order valence-electron chi connectivity index (χ4n) is 2.09. The maximum absolute atomic E-state index is 10.4. The van der Waals surface area contributed by atoms with Crippen LogP contribution in [-0.2, 0) is 5.60 Å². The summed E-state index contributed by atoms with van der Waals surface area (Å²) in [6.07, 6.45) is 3.52. The summed E-state index contributed by atoms with van der Waals surface area (Å²) in [5, 5.41) is 17.9. The maximum Gasteiger partial charge on any atom is 0.103 e. The maximum atomic E-state index is 10.4. The molecule has 1 aliphatic heterocycles. The molecule has 0 radical (unpaired) electrons. The molecule has 3 heteroatoms. The molecule has 78 valence electrons. The first-order valence-electron chi connectivity index (χ1n) is 5.19. The highest BCUT2D eigenvalue weighted by Gasteiger charge is 2.34. The fraction of sp³-hybridized carbons (Fsp3) is 0.636. The molecule has 1 aliphatic rings. The third-order valence-corrected chi connectivity index (χ3v) is 3.78. The Bertz CT molecular complexity index is 275. The molecule has 1 saturated heterocycles. The number of hydrogen-bond acceptors (Lipinski definition) is 3. The molecule has 0 bridgehead atoms. The molecule has 14 heavy (non-hydrogen) atoms. The van der Waals surface area contributed by atoms with Crippen molar-refractivity contribution in [1.82, 2.24) is 5.32 Å². The number of hydrogen-bond donors (Lipinski definition) is 2. The van der Waals surface area contributed by atoms with Gasteiger partial charge in [-0.2, -0.15) is 11.3 Å². The first-order chi connectivity index (χ1) is 6.71. The van der Waals surface area contributed by atoms with Gasteiger partial charge >= 0.3 is 0 Å². The normalized spacial score (nSPS) is 27.1. The standard InChI is InChI=1S/C11H17NOS/c1-11(13,9-5-7-14-8-9)10-4-2-3-6-12-10/h5,7-8,10,12-13H,2-4,6H2,1H3. The molecule has 2 rings (SSSR count). The molecule has 2 nitrogen and oxygen atoms in total. The van der Waals surface area contributed by atoms with Crippen molar-refractivity contribution in [2.24, 2.45) is 0 Å². The van der Waals surface area contributed by atoms with E-state index in [-0.39, 0.29) is 6.04 Å². The van der Waals surface area contributed by atoms with Crippen LogP contribution in [0.25, 0.3) is 0 Å². The van der Waals surface area contributed by atoms with Crippen LogP contribution in [0.4, 0.5) is 0 Å². The summed E-state index contributed by atoms with van der Waals surface area (Å²) in [5.41, 5.74) is 0.336. The van der Waals surface area contributed by atoms with Gasteiger partial charge in [-0.1, -0.05) is 6.42 Å². The molecular formula is C11H17NOS. The van der Waals surface area contributed by atoms with Crippen LogP contribution in [0.5, 0.6) is 0 Å². The monoisotopic (exact) mass is 211 g/mol. The van der Waals surface area contributed by atoms with Crippen LogP contribution in [-0.4, -0.2) is 17.7 Å². The molecule has 2 atom stereocenters. The number of piperidine rings is 1. The van der Waals surface area contributed by atoms with Gasteiger partial charge in [0.05, 0.1) is 0 Å². The fourth-order valence-corrected chi connectivity index (χ4v) is 2.85. The topological polar surface area (TPSA) is 32.3 Å². The van der Waals surface area contributed by atoms with E-state index in [0.29, 0.717) is 0 Å². The molecule has 2 N–H and O–H groups in total. The van der Waals surface area contributed by atoms with Crippen molar-refractivity contribution in [3.05, 3.63) is 22.4 Å². The minimum atomic E-state index is -0.708. The van der Waals surface area contributed by atoms with Gasteiger partial charge in [0.15, 0.2) is 0 Å². The molecule has 0 amide bonds. The number of nitrogens with one attached hydrogen (secondary N) is 1. The first-order valence-corrected chi connectivity index (χ1v) is 6.14. The Kier molecular flexibility index (Phi) is 2.91. The Morgan fingerprint density at radius 2 is 2.43 bits per heavy atom. The lowest BCUT2D eigenvalue weighted by Gasteiger charge is -2.36. The van der Waals surface area contributed by atoms with Gasteiger partial charge < -0.3 is 10.4 Å². The summed E-state index contributed by atoms with van der Waals surface area (Å²) < 4.78 is 0. The van der Waals surface area contributed by atoms with Crippen LogP contribution < -0.4 is 5.32 Å². The molecular weight excluding hydrogens is 194 g/mol. The number of thiophene rings is 1. The van der Waals surface area contributed by atoms with E-state index < -0.39 is 5.60 Å². The van der Waals surface area contributed by atoms with Crippen molar-refractivity contribution in [2.45, 2.75) is 37.8 Å². The van der Waals surface area contributed by atoms with Gasteiger partial charge in [-0.05, 0) is 48.7 Å². The summed E-state index contributed by atoms with van der Waals surface area (Å²) in [5.74, 6) is 0. The lowest BCUT2D eigenvalue weighted by atomic mass is 9.85. The molecule has 1 aromatic heterocycles. The smallest absolute Gasteiger partial charge is 0.103 e. The van der Waals surface area contributed by atoms with Crippen molar-refractivity contribution in [1.29, 1.82) is 0 Å². The Morgan fingerprint density at radius 1 is 1.57 bits per heavy atom. The lowest BCUT2D eigenvalue weighted by molar-refractivity contribution is 0.00606. The molecule has 2 heterocycles. The second kappa shape index (κ2) is 4.01. The van der Waals surface area contributed by atoms with E-state index in [0.717, 1.165) is 18.5 Å². The molecule has 2 unspecified atom stereocenters. The van der Waals surface area contributed by atoms with E-state index in [1.54, 1.807) is 11.3 Å². The second-order valence-electron chi connectivity index (χ2n) is 4.16. The third kappa shape index (κ3) is 1.85. The van der Waals surface area contributed by atoms with Crippen LogP contribution in [0.3, 0.4) is 0 Å². The predicted octanol–water partition coefficient (Wildman–Crippen LogP) is 2.10. The minimum Gasteiger partial charge on any atom is -0.384 e. The van der Waals surface area contributed by atoms with Crippen molar-refractivity contribution in [2.75, 3.05) is 6.54 Å². The zero-order valence-corrected chi connectivity index (χ0v) is 9.31. The van der Waals surface area contributed by atoms with Gasteiger partial charge in [-0.15, -0.1) is 0 Å². The minimum absolute atomic E-state index is 0.214. The molecule has 1 fully saturated rings. The zero-order valence-electron chi connectivity index (χ0n) is 8.49. The Morgan fingerprint density at radius 3 is 3.00 bits per heavy atom. The van der Waals surface area contributed by atoms with E-state index in [1.807, 2.05) is 23.8 Å². The summed E-state index contributed by atoms with van der Waals surface area (Å²) in [7, 11) is 0. The molecule has 0 aliphatic carbocycles. The van der Waals surface area contributed by atoms with Crippen LogP contribution in [0.1, 0.15) is 31.7 Å². The average molecular weight is 211 g/mol. The van der Waals surface area contributed by atoms with E-state index in [2.05, 4.69) is 5.32 Å². The van der Waals surface area contributed by atoms with Gasteiger partial charge in [-0.3, -0.25) is 0 Å². The highest BCUT2D eigenvalue weighted by Crippen LogP contribution is 2.30. The Hall–Kier alpha value is -0.380. The van der Waals surface area contributed by atoms with Crippen molar-refractivity contribution in [3.63, 3.8) is 0 Å². The third-order valence-electron chi connectivity index (χ3n) is 3.09. The van der Waals surface area contributed by atoms with E-state index in [9.17, 15) is 5.11 Å². The van der Waals surface area contributed by atoms with Gasteiger partial charge in [0.1, 0.15) is 5.60 Å². The van der Waals surface area contributed by atoms with Crippen LogP contribution in [0.2, 0.25) is 0 Å². The van der Waals surface area contributed by atoms with E-state index in [1.165, 1.54) is 12.8 Å². The summed E-state index contributed by atoms with van der Waals surface area (Å²) in [6.45, 7) is 2.95. The van der Waals surface area contributed by atoms with E-state index >= 15 is 0 Å². The molecule has 0 spiro atoms. The van der Waals surface area contributed by atoms with E-state index in [4.69, 9.17) is 0 Å². The average Bonchev–Trinajstić information content (AvgIpc) is 2.72. The zero-order chi connectivity index (χ0) is 10.0. The van der Waals surface area contributed by atoms with Crippen molar-refractivity contribution < 1.29 is 5.11 Å². The quantitative estimate of drug-likeness (QED) is 0.785. The Balaban J connectivity index is 2.14. The van der Waals surface area contributed by atoms with Crippen molar-refractivity contribution in [3.8, 4) is 0 Å². The van der Waals surface area contributed by atoms with Crippen molar-refractivity contribution >= 4 is 11.3 Å². The number of rotatable bonds is 2. The van der Waals surface area contributed by atoms with Gasteiger partial charge in [-0.25, -0.2) is 0 Å². The first kappa shape index (κ1) is 10.1. The Labute approximate surface area is 89.0 Å². The van der Waals surface area contributed by atoms with Crippen LogP contribution in [0, 0.1) is 0 Å². The van der Waals surface area contributed by atoms with Gasteiger partial charge in [0.2, 0.25) is 0 Å². The lowest BCUT2D eigenvalue weighted by Crippen LogP contribution is -2.48. The number of aliphatic hydroxyl groups is 1. The largest absolute Gasteiger partial charge is 0.384 e. The predicted molar refractivity (Wildman–Crippen MR) is 59.5 cm³/mol. The molecule has 0 saturated carbocycles. The summed E-state index contributed by atoms with van der Waals surface area (Å²) in [6, 6.07) is 2.23. The highest BCUT2D eigenvalue weighted by atomic mass is 32.1. The second-order valence-corrected chi connectivity index (χ2v) is 4.94. The van der Waals surface area contributed by atoms with Gasteiger partial charge in [0, 0.05) is 6.04 Å². The summed E-state index contributed by atoms with van der Waals surface area (Å²) in [4.78, 5) is 0. The molecule has 1 aromatic rings. The summed E-state index contributed by atoms with van der Waals surface area (Å²) >= 11 is 1.64. The van der Waals surface area contributed by atoms with Crippen LogP contribution in [0.15, 0.2) is 16.8 Å². The van der Waals surface area contributed by atoms with Gasteiger partial charge in [0.25, 0.3) is 0 Å². The molecule has 0 aromatic carbocycles. The highest BCUT2D eigenvalue weighted by molar-refractivity contribution is 7.08. The SMILES string of the molecule is CC(O)(c1ccsc1)C1CCCCN1. The van der Waals surface area contributed by atoms with Crippen LogP contribution >= 0.6 is 11.3 Å².